The van der Waals surface area contributed by atoms with E-state index in [0.29, 0.717) is 31.0 Å². The van der Waals surface area contributed by atoms with E-state index < -0.39 is 11.7 Å². The zero-order valence-corrected chi connectivity index (χ0v) is 11.7. The van der Waals surface area contributed by atoms with Crippen LogP contribution in [0.15, 0.2) is 24.3 Å². The first-order chi connectivity index (χ1) is 9.52. The van der Waals surface area contributed by atoms with E-state index in [4.69, 9.17) is 9.47 Å². The number of carbonyl (C=O) groups is 1. The van der Waals surface area contributed by atoms with Crippen LogP contribution in [0.5, 0.6) is 11.5 Å². The molecular weight excluding hydrogens is 258 g/mol. The van der Waals surface area contributed by atoms with Crippen LogP contribution in [-0.4, -0.2) is 46.8 Å². The first kappa shape index (κ1) is 13.2. The Bertz CT molecular complexity index is 524. The van der Waals surface area contributed by atoms with E-state index in [1.807, 2.05) is 32.0 Å². The number of benzene rings is 1. The zero-order chi connectivity index (χ0) is 14.3. The molecule has 0 spiro atoms. The lowest BCUT2D eigenvalue weighted by Crippen LogP contribution is -2.66. The summed E-state index contributed by atoms with van der Waals surface area (Å²) in [6.07, 6.45) is -0.337. The number of amides is 1. The number of para-hydroxylation sites is 2. The zero-order valence-electron chi connectivity index (χ0n) is 11.7. The van der Waals surface area contributed by atoms with E-state index in [9.17, 15) is 9.90 Å². The van der Waals surface area contributed by atoms with Gasteiger partial charge in [-0.1, -0.05) is 19.1 Å². The minimum absolute atomic E-state index is 0.120. The van der Waals surface area contributed by atoms with Crippen LogP contribution in [0.3, 0.4) is 0 Å². The van der Waals surface area contributed by atoms with Gasteiger partial charge in [-0.3, -0.25) is 4.79 Å². The molecule has 0 bridgehead atoms. The van der Waals surface area contributed by atoms with Gasteiger partial charge in [-0.2, -0.15) is 0 Å². The minimum atomic E-state index is -0.730. The predicted molar refractivity (Wildman–Crippen MR) is 72.8 cm³/mol. The van der Waals surface area contributed by atoms with Gasteiger partial charge in [0, 0.05) is 0 Å². The number of hydrogen-bond donors (Lipinski definition) is 1. The van der Waals surface area contributed by atoms with Crippen molar-refractivity contribution in [3.63, 3.8) is 0 Å². The van der Waals surface area contributed by atoms with Crippen molar-refractivity contribution in [2.45, 2.75) is 38.1 Å². The monoisotopic (exact) mass is 277 g/mol. The summed E-state index contributed by atoms with van der Waals surface area (Å²) in [5, 5.41) is 9.99. The van der Waals surface area contributed by atoms with Crippen molar-refractivity contribution < 1.29 is 19.4 Å². The number of nitrogens with zero attached hydrogens (tertiary/aromatic N) is 1. The van der Waals surface area contributed by atoms with Crippen LogP contribution in [0.25, 0.3) is 0 Å². The smallest absolute Gasteiger partial charge is 0.267 e. The third kappa shape index (κ3) is 2.12. The summed E-state index contributed by atoms with van der Waals surface area (Å²) in [6, 6.07) is 7.33. The highest BCUT2D eigenvalue weighted by molar-refractivity contribution is 5.83. The Hall–Kier alpha value is -1.75. The maximum Gasteiger partial charge on any atom is 0.267 e. The lowest BCUT2D eigenvalue weighted by molar-refractivity contribution is -0.167. The standard InChI is InChI=1S/C15H19NO4/c1-3-15(18)8-16(9-15)14(17)13-10(2)19-11-6-4-5-7-12(11)20-13/h4-7,10,13,18H,3,8-9H2,1-2H3. The Morgan fingerprint density at radius 3 is 2.55 bits per heavy atom. The lowest BCUT2D eigenvalue weighted by atomic mass is 9.90. The normalized spacial score (nSPS) is 26.9. The molecule has 5 nitrogen and oxygen atoms in total. The molecule has 2 aliphatic heterocycles. The molecule has 3 rings (SSSR count). The molecule has 1 aromatic rings. The van der Waals surface area contributed by atoms with Crippen molar-refractivity contribution in [3.05, 3.63) is 24.3 Å². The average molecular weight is 277 g/mol. The van der Waals surface area contributed by atoms with Crippen LogP contribution < -0.4 is 9.47 Å². The fourth-order valence-electron chi connectivity index (χ4n) is 2.61. The van der Waals surface area contributed by atoms with Crippen LogP contribution in [0.2, 0.25) is 0 Å². The Balaban J connectivity index is 1.71. The lowest BCUT2D eigenvalue weighted by Gasteiger charge is -2.47. The predicted octanol–water partition coefficient (Wildman–Crippen LogP) is 1.20. The van der Waals surface area contributed by atoms with E-state index >= 15 is 0 Å². The molecule has 5 heteroatoms. The van der Waals surface area contributed by atoms with E-state index in [0.717, 1.165) is 0 Å². The molecule has 0 aromatic heterocycles. The first-order valence-electron chi connectivity index (χ1n) is 6.96. The van der Waals surface area contributed by atoms with Gasteiger partial charge in [0.25, 0.3) is 5.91 Å². The number of aliphatic hydroxyl groups is 1. The number of hydrogen-bond acceptors (Lipinski definition) is 4. The van der Waals surface area contributed by atoms with Gasteiger partial charge in [-0.05, 0) is 25.5 Å². The average Bonchev–Trinajstić information content (AvgIpc) is 2.42. The second kappa shape index (κ2) is 4.66. The first-order valence-corrected chi connectivity index (χ1v) is 6.96. The van der Waals surface area contributed by atoms with Crippen molar-refractivity contribution in [2.75, 3.05) is 13.1 Å². The summed E-state index contributed by atoms with van der Waals surface area (Å²) >= 11 is 0. The SMILES string of the molecule is CCC1(O)CN(C(=O)C2Oc3ccccc3OC2C)C1. The van der Waals surface area contributed by atoms with E-state index in [1.165, 1.54) is 0 Å². The Morgan fingerprint density at radius 2 is 1.95 bits per heavy atom. The quantitative estimate of drug-likeness (QED) is 0.882. The maximum atomic E-state index is 12.4. The van der Waals surface area contributed by atoms with Crippen molar-refractivity contribution >= 4 is 5.91 Å². The van der Waals surface area contributed by atoms with E-state index in [-0.39, 0.29) is 12.0 Å². The van der Waals surface area contributed by atoms with Gasteiger partial charge in [0.15, 0.2) is 11.5 Å². The van der Waals surface area contributed by atoms with Gasteiger partial charge in [-0.25, -0.2) is 0 Å². The van der Waals surface area contributed by atoms with Gasteiger partial charge in [0.1, 0.15) is 6.10 Å². The van der Waals surface area contributed by atoms with Crippen molar-refractivity contribution in [2.24, 2.45) is 0 Å². The van der Waals surface area contributed by atoms with Gasteiger partial charge in [-0.15, -0.1) is 0 Å². The molecule has 2 aliphatic rings. The number of ether oxygens (including phenoxy) is 2. The molecule has 2 atom stereocenters. The minimum Gasteiger partial charge on any atom is -0.482 e. The van der Waals surface area contributed by atoms with Gasteiger partial charge in [0.05, 0.1) is 18.7 Å². The van der Waals surface area contributed by atoms with E-state index in [1.54, 1.807) is 11.0 Å². The number of likely N-dealkylation sites (tertiary alicyclic amines) is 1. The van der Waals surface area contributed by atoms with Crippen molar-refractivity contribution in [3.8, 4) is 11.5 Å². The molecule has 20 heavy (non-hydrogen) atoms. The number of rotatable bonds is 2. The van der Waals surface area contributed by atoms with Crippen LogP contribution in [-0.2, 0) is 4.79 Å². The third-order valence-corrected chi connectivity index (χ3v) is 4.03. The second-order valence-corrected chi connectivity index (χ2v) is 5.58. The van der Waals surface area contributed by atoms with Crippen LogP contribution in [0.4, 0.5) is 0 Å². The summed E-state index contributed by atoms with van der Waals surface area (Å²) in [7, 11) is 0. The van der Waals surface area contributed by atoms with Crippen LogP contribution in [0.1, 0.15) is 20.3 Å². The molecule has 2 heterocycles. The van der Waals surface area contributed by atoms with Crippen molar-refractivity contribution in [1.82, 2.24) is 4.90 Å². The van der Waals surface area contributed by atoms with Gasteiger partial charge < -0.3 is 19.5 Å². The molecule has 1 aromatic carbocycles. The summed E-state index contributed by atoms with van der Waals surface area (Å²) in [6.45, 7) is 4.48. The number of β-amino-alcohol motifs (C(OH)–C–C–N with tert-alkyl or cyclic N) is 1. The Morgan fingerprint density at radius 1 is 1.35 bits per heavy atom. The molecule has 1 amide bonds. The number of carbonyl (C=O) groups excluding carboxylic acids is 1. The molecule has 1 saturated heterocycles. The van der Waals surface area contributed by atoms with Crippen LogP contribution >= 0.6 is 0 Å². The summed E-state index contributed by atoms with van der Waals surface area (Å²) in [5.74, 6) is 1.14. The second-order valence-electron chi connectivity index (χ2n) is 5.58. The topological polar surface area (TPSA) is 59.0 Å². The molecule has 1 fully saturated rings. The summed E-state index contributed by atoms with van der Waals surface area (Å²) < 4.78 is 11.5. The molecular formula is C15H19NO4. The largest absolute Gasteiger partial charge is 0.482 e. The fraction of sp³-hybridized carbons (Fsp3) is 0.533. The number of fused-ring (bicyclic) bond motifs is 1. The molecule has 0 aliphatic carbocycles. The highest BCUT2D eigenvalue weighted by atomic mass is 16.6. The Labute approximate surface area is 118 Å². The molecule has 108 valence electrons. The third-order valence-electron chi connectivity index (χ3n) is 4.03. The highest BCUT2D eigenvalue weighted by Crippen LogP contribution is 2.35. The maximum absolute atomic E-state index is 12.4. The van der Waals surface area contributed by atoms with E-state index in [2.05, 4.69) is 0 Å². The molecule has 0 saturated carbocycles. The van der Waals surface area contributed by atoms with Gasteiger partial charge in [0.2, 0.25) is 6.10 Å². The molecule has 1 N–H and O–H groups in total. The summed E-state index contributed by atoms with van der Waals surface area (Å²) in [4.78, 5) is 14.0. The molecule has 2 unspecified atom stereocenters. The van der Waals surface area contributed by atoms with Crippen LogP contribution in [0, 0.1) is 0 Å². The van der Waals surface area contributed by atoms with Gasteiger partial charge >= 0.3 is 0 Å². The molecule has 0 radical (unpaired) electrons. The van der Waals surface area contributed by atoms with Crippen molar-refractivity contribution in [1.29, 1.82) is 0 Å². The Kier molecular flexibility index (Phi) is 3.09. The highest BCUT2D eigenvalue weighted by Gasteiger charge is 2.46. The summed E-state index contributed by atoms with van der Waals surface area (Å²) in [5.41, 5.74) is -0.730. The fourth-order valence-corrected chi connectivity index (χ4v) is 2.61.